The molecular formula is C14H22N2O5. The van der Waals surface area contributed by atoms with Crippen LogP contribution in [-0.2, 0) is 19.1 Å². The van der Waals surface area contributed by atoms with E-state index < -0.39 is 29.9 Å². The number of nitrogens with two attached hydrogens (primary N) is 1. The molecule has 1 unspecified atom stereocenters. The normalized spacial score (nSPS) is 29.7. The van der Waals surface area contributed by atoms with Gasteiger partial charge in [0, 0.05) is 0 Å². The minimum Gasteiger partial charge on any atom is -0.480 e. The fraction of sp³-hybridized carbons (Fsp3) is 0.786. The van der Waals surface area contributed by atoms with E-state index in [1.807, 2.05) is 0 Å². The highest BCUT2D eigenvalue weighted by Gasteiger charge is 2.47. The van der Waals surface area contributed by atoms with E-state index in [1.165, 1.54) is 7.11 Å². The van der Waals surface area contributed by atoms with Gasteiger partial charge in [0.25, 0.3) is 0 Å². The number of rotatable bonds is 6. The smallest absolute Gasteiger partial charge is 0.330 e. The van der Waals surface area contributed by atoms with Crippen LogP contribution < -0.4 is 11.1 Å². The van der Waals surface area contributed by atoms with Crippen molar-refractivity contribution >= 4 is 17.8 Å². The first-order valence-corrected chi connectivity index (χ1v) is 7.23. The van der Waals surface area contributed by atoms with Crippen LogP contribution in [0.3, 0.4) is 0 Å². The Morgan fingerprint density at radius 3 is 2.43 bits per heavy atom. The summed E-state index contributed by atoms with van der Waals surface area (Å²) in [6.07, 6.45) is 5.99. The molecule has 118 valence electrons. The molecule has 21 heavy (non-hydrogen) atoms. The summed E-state index contributed by atoms with van der Waals surface area (Å²) in [5.41, 5.74) is 5.34. The second-order valence-corrected chi connectivity index (χ2v) is 6.25. The van der Waals surface area contributed by atoms with Crippen LogP contribution in [0.1, 0.15) is 38.5 Å². The Morgan fingerprint density at radius 1 is 1.38 bits per heavy atom. The van der Waals surface area contributed by atoms with E-state index in [2.05, 4.69) is 5.32 Å². The predicted octanol–water partition coefficient (Wildman–Crippen LogP) is 0.0265. The number of carboxylic acids is 1. The van der Waals surface area contributed by atoms with E-state index in [9.17, 15) is 14.4 Å². The molecule has 1 amide bonds. The zero-order valence-corrected chi connectivity index (χ0v) is 12.1. The lowest BCUT2D eigenvalue weighted by Gasteiger charge is -2.30. The molecule has 0 saturated heterocycles. The molecule has 2 aliphatic carbocycles. The highest BCUT2D eigenvalue weighted by molar-refractivity contribution is 6.02. The first kappa shape index (κ1) is 15.8. The summed E-state index contributed by atoms with van der Waals surface area (Å²) in [6.45, 7) is 0. The van der Waals surface area contributed by atoms with Crippen LogP contribution in [0.2, 0.25) is 0 Å². The van der Waals surface area contributed by atoms with Gasteiger partial charge in [-0.1, -0.05) is 0 Å². The molecule has 0 aliphatic heterocycles. The highest BCUT2D eigenvalue weighted by Crippen LogP contribution is 2.56. The fourth-order valence-electron chi connectivity index (χ4n) is 3.74. The van der Waals surface area contributed by atoms with Crippen molar-refractivity contribution in [3.05, 3.63) is 0 Å². The number of amides is 1. The number of carboxylic acid groups (broad SMARTS) is 1. The number of nitrogens with one attached hydrogen (secondary N) is 1. The minimum absolute atomic E-state index is 0.0735. The standard InChI is InChI=1S/C14H22N2O5/c1-21-13(20)9(16-11(17)10(15)12(18)19)7-14-4-2-8(6-14)3-5-14/h8-10H,2-7,15H2,1H3,(H,16,17)(H,18,19)/t8?,9-,10?,14?/m0/s1. The molecule has 2 rings (SSSR count). The molecule has 2 bridgehead atoms. The highest BCUT2D eigenvalue weighted by atomic mass is 16.5. The lowest BCUT2D eigenvalue weighted by atomic mass is 9.78. The summed E-state index contributed by atoms with van der Waals surface area (Å²) in [4.78, 5) is 34.4. The molecule has 2 atom stereocenters. The van der Waals surface area contributed by atoms with Crippen LogP contribution in [0.25, 0.3) is 0 Å². The van der Waals surface area contributed by atoms with Crippen LogP contribution in [-0.4, -0.2) is 42.1 Å². The van der Waals surface area contributed by atoms with Gasteiger partial charge in [-0.25, -0.2) is 9.59 Å². The molecule has 2 saturated carbocycles. The topological polar surface area (TPSA) is 119 Å². The molecular weight excluding hydrogens is 276 g/mol. The van der Waals surface area contributed by atoms with Crippen molar-refractivity contribution in [1.82, 2.24) is 5.32 Å². The molecule has 4 N–H and O–H groups in total. The lowest BCUT2D eigenvalue weighted by molar-refractivity contribution is -0.149. The number of esters is 1. The first-order valence-electron chi connectivity index (χ1n) is 7.23. The number of carbonyl (C=O) groups is 3. The van der Waals surface area contributed by atoms with Crippen molar-refractivity contribution in [3.63, 3.8) is 0 Å². The molecule has 2 aliphatic rings. The number of carbonyl (C=O) groups excluding carboxylic acids is 2. The van der Waals surface area contributed by atoms with Crippen LogP contribution in [0.5, 0.6) is 0 Å². The van der Waals surface area contributed by atoms with Crippen molar-refractivity contribution in [2.24, 2.45) is 17.1 Å². The summed E-state index contributed by atoms with van der Waals surface area (Å²) in [5, 5.41) is 11.2. The van der Waals surface area contributed by atoms with Gasteiger partial charge in [0.15, 0.2) is 6.04 Å². The van der Waals surface area contributed by atoms with Crippen LogP contribution >= 0.6 is 0 Å². The number of methoxy groups -OCH3 is 1. The number of fused-ring (bicyclic) bond motifs is 2. The van der Waals surface area contributed by atoms with Gasteiger partial charge in [-0.2, -0.15) is 0 Å². The first-order chi connectivity index (χ1) is 9.87. The quantitative estimate of drug-likeness (QED) is 0.470. The van der Waals surface area contributed by atoms with E-state index in [0.717, 1.165) is 38.0 Å². The molecule has 2 fully saturated rings. The van der Waals surface area contributed by atoms with Crippen molar-refractivity contribution in [3.8, 4) is 0 Å². The van der Waals surface area contributed by atoms with Crippen LogP contribution in [0, 0.1) is 11.3 Å². The maximum atomic E-state index is 11.9. The van der Waals surface area contributed by atoms with Gasteiger partial charge in [-0.3, -0.25) is 4.79 Å². The summed E-state index contributed by atoms with van der Waals surface area (Å²) in [5.74, 6) is -2.11. The molecule has 0 aromatic heterocycles. The molecule has 0 aromatic carbocycles. The summed E-state index contributed by atoms with van der Waals surface area (Å²) >= 11 is 0. The zero-order valence-electron chi connectivity index (χ0n) is 12.1. The number of hydrogen-bond donors (Lipinski definition) is 3. The summed E-state index contributed by atoms with van der Waals surface area (Å²) in [6, 6.07) is -2.50. The van der Waals surface area contributed by atoms with E-state index in [4.69, 9.17) is 15.6 Å². The molecule has 7 heteroatoms. The van der Waals surface area contributed by atoms with Crippen molar-refractivity contribution in [1.29, 1.82) is 0 Å². The average Bonchev–Trinajstić information content (AvgIpc) is 3.04. The predicted molar refractivity (Wildman–Crippen MR) is 73.2 cm³/mol. The second-order valence-electron chi connectivity index (χ2n) is 6.25. The molecule has 0 aromatic rings. The van der Waals surface area contributed by atoms with Crippen LogP contribution in [0.4, 0.5) is 0 Å². The minimum atomic E-state index is -1.67. The van der Waals surface area contributed by atoms with Crippen molar-refractivity contribution in [2.75, 3.05) is 7.11 Å². The number of hydrogen-bond acceptors (Lipinski definition) is 5. The van der Waals surface area contributed by atoms with E-state index >= 15 is 0 Å². The largest absolute Gasteiger partial charge is 0.480 e. The van der Waals surface area contributed by atoms with E-state index in [1.54, 1.807) is 0 Å². The Labute approximate surface area is 123 Å². The molecule has 0 radical (unpaired) electrons. The SMILES string of the molecule is COC(=O)[C@H](CC12CCC(CC1)C2)NC(=O)C(N)C(=O)O. The Morgan fingerprint density at radius 2 is 2.00 bits per heavy atom. The number of ether oxygens (including phenoxy) is 1. The second kappa shape index (κ2) is 6.01. The van der Waals surface area contributed by atoms with Gasteiger partial charge in [-0.15, -0.1) is 0 Å². The molecule has 0 heterocycles. The third-order valence-electron chi connectivity index (χ3n) is 4.88. The zero-order chi connectivity index (χ0) is 15.6. The maximum absolute atomic E-state index is 11.9. The van der Waals surface area contributed by atoms with E-state index in [-0.39, 0.29) is 5.41 Å². The van der Waals surface area contributed by atoms with Gasteiger partial charge < -0.3 is 20.9 Å². The van der Waals surface area contributed by atoms with Gasteiger partial charge in [0.05, 0.1) is 7.11 Å². The molecule has 7 nitrogen and oxygen atoms in total. The van der Waals surface area contributed by atoms with E-state index in [0.29, 0.717) is 6.42 Å². The third-order valence-corrected chi connectivity index (χ3v) is 4.88. The summed E-state index contributed by atoms with van der Waals surface area (Å²) in [7, 11) is 1.25. The fourth-order valence-corrected chi connectivity index (χ4v) is 3.74. The van der Waals surface area contributed by atoms with Gasteiger partial charge in [-0.05, 0) is 49.9 Å². The monoisotopic (exact) mass is 298 g/mol. The maximum Gasteiger partial charge on any atom is 0.330 e. The molecule has 0 spiro atoms. The Bertz CT molecular complexity index is 443. The lowest BCUT2D eigenvalue weighted by Crippen LogP contribution is -2.52. The number of aliphatic carboxylic acids is 1. The van der Waals surface area contributed by atoms with Crippen molar-refractivity contribution < 1.29 is 24.2 Å². The average molecular weight is 298 g/mol. The van der Waals surface area contributed by atoms with Gasteiger partial charge in [0.1, 0.15) is 6.04 Å². The van der Waals surface area contributed by atoms with Gasteiger partial charge >= 0.3 is 11.9 Å². The van der Waals surface area contributed by atoms with Crippen LogP contribution in [0.15, 0.2) is 0 Å². The summed E-state index contributed by atoms with van der Waals surface area (Å²) < 4.78 is 4.72. The van der Waals surface area contributed by atoms with Crippen molar-refractivity contribution in [2.45, 2.75) is 50.6 Å². The Kier molecular flexibility index (Phi) is 4.51. The Balaban J connectivity index is 2.03. The Hall–Kier alpha value is -1.63. The van der Waals surface area contributed by atoms with Gasteiger partial charge in [0.2, 0.25) is 5.91 Å². The third kappa shape index (κ3) is 3.34.